The summed E-state index contributed by atoms with van der Waals surface area (Å²) in [5.41, 5.74) is 1.80. The first kappa shape index (κ1) is 17.0. The Balaban J connectivity index is 1.71. The number of nitrogens with zero attached hydrogens (tertiary/aromatic N) is 2. The molecular formula is C17H14FN3O3S. The second-order valence-corrected chi connectivity index (χ2v) is 6.19. The highest BCUT2D eigenvalue weighted by Crippen LogP contribution is 2.23. The maximum Gasteiger partial charge on any atom is 0.298 e. The summed E-state index contributed by atoms with van der Waals surface area (Å²) in [6, 6.07) is 13.2. The molecule has 0 bridgehead atoms. The van der Waals surface area contributed by atoms with Crippen LogP contribution >= 0.6 is 11.8 Å². The Labute approximate surface area is 147 Å². The van der Waals surface area contributed by atoms with Crippen LogP contribution in [0.1, 0.15) is 5.56 Å². The highest BCUT2D eigenvalue weighted by atomic mass is 32.2. The summed E-state index contributed by atoms with van der Waals surface area (Å²) in [4.78, 5) is 12.0. The number of halogens is 1. The van der Waals surface area contributed by atoms with Crippen LogP contribution in [0.3, 0.4) is 0 Å². The van der Waals surface area contributed by atoms with Crippen LogP contribution in [0.15, 0.2) is 58.1 Å². The van der Waals surface area contributed by atoms with Crippen molar-refractivity contribution < 1.29 is 23.5 Å². The Kier molecular flexibility index (Phi) is 4.99. The number of hydrogen-bond donors (Lipinski definition) is 1. The van der Waals surface area contributed by atoms with E-state index in [0.717, 1.165) is 17.3 Å². The third-order valence-corrected chi connectivity index (χ3v) is 4.36. The zero-order chi connectivity index (χ0) is 17.8. The number of nitrogens with one attached hydrogen (secondary N) is 1. The molecule has 0 atom stereocenters. The second-order valence-electron chi connectivity index (χ2n) is 5.23. The highest BCUT2D eigenvalue weighted by Gasteiger charge is 2.22. The minimum Gasteiger partial charge on any atom is -0.538 e. The number of hydrogen-bond acceptors (Lipinski definition) is 5. The fourth-order valence-corrected chi connectivity index (χ4v) is 2.85. The van der Waals surface area contributed by atoms with Crippen molar-refractivity contribution in [2.45, 2.75) is 11.9 Å². The largest absolute Gasteiger partial charge is 0.538 e. The molecule has 128 valence electrons. The molecule has 0 saturated carbocycles. The number of aryl methyl sites for hydroxylation is 1. The van der Waals surface area contributed by atoms with Gasteiger partial charge in [-0.05, 0) is 35.5 Å². The fraction of sp³-hybridized carbons (Fsp3) is 0.118. The van der Waals surface area contributed by atoms with Gasteiger partial charge < -0.3 is 14.9 Å². The van der Waals surface area contributed by atoms with Gasteiger partial charge in [0.2, 0.25) is 11.6 Å². The molecule has 3 rings (SSSR count). The maximum atomic E-state index is 13.5. The van der Waals surface area contributed by atoms with E-state index in [1.165, 1.54) is 22.9 Å². The van der Waals surface area contributed by atoms with E-state index in [1.54, 1.807) is 18.2 Å². The molecule has 0 unspecified atom stereocenters. The van der Waals surface area contributed by atoms with Crippen molar-refractivity contribution in [1.82, 2.24) is 5.27 Å². The minimum atomic E-state index is -0.635. The SMILES string of the molecule is Cc1ccc(-[n+]2noc([O-])c2SCC(=O)Nc2ccccc2F)cc1. The van der Waals surface area contributed by atoms with E-state index in [4.69, 9.17) is 4.52 Å². The molecule has 0 fully saturated rings. The Morgan fingerprint density at radius 1 is 1.28 bits per heavy atom. The molecule has 25 heavy (non-hydrogen) atoms. The Morgan fingerprint density at radius 3 is 2.72 bits per heavy atom. The number of thioether (sulfide) groups is 1. The van der Waals surface area contributed by atoms with Crippen molar-refractivity contribution in [3.8, 4) is 11.6 Å². The lowest BCUT2D eigenvalue weighted by molar-refractivity contribution is -0.705. The molecule has 1 heterocycles. The molecule has 3 aromatic rings. The number of aromatic nitrogens is 2. The predicted molar refractivity (Wildman–Crippen MR) is 88.0 cm³/mol. The number of anilines is 1. The second kappa shape index (κ2) is 7.35. The first-order chi connectivity index (χ1) is 12.0. The molecule has 0 saturated heterocycles. The van der Waals surface area contributed by atoms with E-state index in [1.807, 2.05) is 19.1 Å². The van der Waals surface area contributed by atoms with Crippen LogP contribution in [0.25, 0.3) is 5.69 Å². The van der Waals surface area contributed by atoms with E-state index < -0.39 is 17.7 Å². The van der Waals surface area contributed by atoms with E-state index in [9.17, 15) is 14.3 Å². The highest BCUT2D eigenvalue weighted by molar-refractivity contribution is 7.99. The van der Waals surface area contributed by atoms with Crippen molar-refractivity contribution in [2.24, 2.45) is 0 Å². The summed E-state index contributed by atoms with van der Waals surface area (Å²) in [5, 5.41) is 18.2. The number of carbonyl (C=O) groups is 1. The molecule has 1 amide bonds. The first-order valence-corrected chi connectivity index (χ1v) is 8.36. The topological polar surface area (TPSA) is 82.1 Å². The first-order valence-electron chi connectivity index (χ1n) is 7.38. The van der Waals surface area contributed by atoms with Crippen molar-refractivity contribution in [3.63, 3.8) is 0 Å². The van der Waals surface area contributed by atoms with Gasteiger partial charge in [0.15, 0.2) is 5.95 Å². The summed E-state index contributed by atoms with van der Waals surface area (Å²) in [6.45, 7) is 1.94. The number of benzene rings is 2. The average Bonchev–Trinajstić information content (AvgIpc) is 2.96. The van der Waals surface area contributed by atoms with Crippen LogP contribution in [0, 0.1) is 12.7 Å². The van der Waals surface area contributed by atoms with E-state index >= 15 is 0 Å². The number of carbonyl (C=O) groups excluding carboxylic acids is 1. The fourth-order valence-electron chi connectivity index (χ4n) is 2.09. The van der Waals surface area contributed by atoms with E-state index in [2.05, 4.69) is 10.6 Å². The number of para-hydroxylation sites is 1. The molecule has 1 N–H and O–H groups in total. The molecule has 0 spiro atoms. The summed E-state index contributed by atoms with van der Waals surface area (Å²) in [5.74, 6) is -1.68. The van der Waals surface area contributed by atoms with Gasteiger partial charge in [-0.2, -0.15) is 0 Å². The van der Waals surface area contributed by atoms with Gasteiger partial charge in [0.25, 0.3) is 5.03 Å². The van der Waals surface area contributed by atoms with Gasteiger partial charge >= 0.3 is 0 Å². The zero-order valence-corrected chi connectivity index (χ0v) is 14.0. The zero-order valence-electron chi connectivity index (χ0n) is 13.2. The molecule has 2 aromatic carbocycles. The van der Waals surface area contributed by atoms with Crippen molar-refractivity contribution in [3.05, 3.63) is 59.9 Å². The third-order valence-electron chi connectivity index (χ3n) is 3.34. The molecule has 0 radical (unpaired) electrons. The predicted octanol–water partition coefficient (Wildman–Crippen LogP) is 2.20. The summed E-state index contributed by atoms with van der Waals surface area (Å²) < 4.78 is 19.6. The van der Waals surface area contributed by atoms with Gasteiger partial charge in [-0.1, -0.05) is 29.8 Å². The lowest BCUT2D eigenvalue weighted by Gasteiger charge is -2.05. The third kappa shape index (κ3) is 3.97. The van der Waals surface area contributed by atoms with Gasteiger partial charge in [-0.3, -0.25) is 4.79 Å². The molecule has 6 nitrogen and oxygen atoms in total. The molecule has 0 aliphatic rings. The average molecular weight is 359 g/mol. The van der Waals surface area contributed by atoms with Crippen molar-refractivity contribution in [2.75, 3.05) is 11.1 Å². The van der Waals surface area contributed by atoms with Crippen LogP contribution in [-0.2, 0) is 4.79 Å². The molecule has 1 aromatic heterocycles. The van der Waals surface area contributed by atoms with Crippen molar-refractivity contribution >= 4 is 23.4 Å². The van der Waals surface area contributed by atoms with Gasteiger partial charge in [-0.15, -0.1) is 0 Å². The van der Waals surface area contributed by atoms with Crippen LogP contribution in [0.2, 0.25) is 0 Å². The van der Waals surface area contributed by atoms with E-state index in [-0.39, 0.29) is 16.5 Å². The lowest BCUT2D eigenvalue weighted by Crippen LogP contribution is -2.35. The van der Waals surface area contributed by atoms with Gasteiger partial charge in [0.1, 0.15) is 5.82 Å². The van der Waals surface area contributed by atoms with Crippen molar-refractivity contribution in [1.29, 1.82) is 0 Å². The van der Waals surface area contributed by atoms with Gasteiger partial charge in [0, 0.05) is 12.1 Å². The molecule has 8 heteroatoms. The Morgan fingerprint density at radius 2 is 2.00 bits per heavy atom. The Hall–Kier alpha value is -2.87. The van der Waals surface area contributed by atoms with Gasteiger partial charge in [0.05, 0.1) is 16.7 Å². The van der Waals surface area contributed by atoms with Crippen LogP contribution in [0.5, 0.6) is 5.95 Å². The van der Waals surface area contributed by atoms with Crippen LogP contribution in [0.4, 0.5) is 10.1 Å². The summed E-state index contributed by atoms with van der Waals surface area (Å²) in [6.07, 6.45) is 0. The molecule has 0 aliphatic heterocycles. The number of amides is 1. The van der Waals surface area contributed by atoms with E-state index in [0.29, 0.717) is 5.69 Å². The molecular weight excluding hydrogens is 345 g/mol. The van der Waals surface area contributed by atoms with Crippen LogP contribution in [-0.4, -0.2) is 16.9 Å². The minimum absolute atomic E-state index is 0.0867. The van der Waals surface area contributed by atoms with Gasteiger partial charge in [-0.25, -0.2) is 4.39 Å². The summed E-state index contributed by atoms with van der Waals surface area (Å²) >= 11 is 0.972. The quantitative estimate of drug-likeness (QED) is 0.558. The Bertz CT molecular complexity index is 896. The smallest absolute Gasteiger partial charge is 0.298 e. The van der Waals surface area contributed by atoms with Crippen LogP contribution < -0.4 is 15.1 Å². The summed E-state index contributed by atoms with van der Waals surface area (Å²) in [7, 11) is 0. The standard InChI is InChI=1S/C17H14FN3O3S/c1-11-6-8-12(9-7-11)21-16(17(23)24-20-21)25-10-15(22)19-14-5-3-2-4-13(14)18/h2-9H,10H2,1H3,(H-,19,20,22,23). The lowest BCUT2D eigenvalue weighted by atomic mass is 10.2. The maximum absolute atomic E-state index is 13.5. The number of rotatable bonds is 5. The normalized spacial score (nSPS) is 10.6. The molecule has 0 aliphatic carbocycles. The monoisotopic (exact) mass is 359 g/mol.